The average molecular weight is 250 g/mol. The molecule has 1 heterocycles. The summed E-state index contributed by atoms with van der Waals surface area (Å²) in [6, 6.07) is 0. The lowest BCUT2D eigenvalue weighted by Gasteiger charge is -2.12. The van der Waals surface area contributed by atoms with Gasteiger partial charge in [-0.25, -0.2) is 4.68 Å². The molecule has 2 N–H and O–H groups in total. The number of amides is 1. The first-order valence-electron chi connectivity index (χ1n) is 4.98. The van der Waals surface area contributed by atoms with Crippen LogP contribution >= 0.6 is 0 Å². The van der Waals surface area contributed by atoms with Crippen molar-refractivity contribution in [3.63, 3.8) is 0 Å². The Balaban J connectivity index is 3.06. The lowest BCUT2D eigenvalue weighted by molar-refractivity contribution is -0.143. The topological polar surface area (TPSA) is 73.8 Å². The zero-order valence-electron chi connectivity index (χ0n) is 9.45. The fourth-order valence-electron chi connectivity index (χ4n) is 1.57. The number of nitrogens with zero attached hydrogens (tertiary/aromatic N) is 3. The number of primary amides is 1. The predicted octanol–water partition coefficient (Wildman–Crippen LogP) is 0.992. The number of rotatable bonds is 4. The second-order valence-electron chi connectivity index (χ2n) is 3.99. The smallest absolute Gasteiger partial charge is 0.369 e. The molecule has 1 rings (SSSR count). The summed E-state index contributed by atoms with van der Waals surface area (Å²) >= 11 is 0. The Morgan fingerprint density at radius 3 is 2.47 bits per heavy atom. The van der Waals surface area contributed by atoms with Crippen molar-refractivity contribution in [2.75, 3.05) is 0 Å². The van der Waals surface area contributed by atoms with Crippen molar-refractivity contribution in [1.82, 2.24) is 15.0 Å². The molecule has 8 heteroatoms. The predicted molar refractivity (Wildman–Crippen MR) is 53.1 cm³/mol. The average Bonchev–Trinajstić information content (AvgIpc) is 2.43. The number of carbonyl (C=O) groups excluding carboxylic acids is 1. The van der Waals surface area contributed by atoms with Crippen molar-refractivity contribution < 1.29 is 18.0 Å². The minimum atomic E-state index is -4.37. The van der Waals surface area contributed by atoms with Gasteiger partial charge < -0.3 is 5.73 Å². The Labute approximate surface area is 95.8 Å². The van der Waals surface area contributed by atoms with E-state index in [0.717, 1.165) is 4.68 Å². The van der Waals surface area contributed by atoms with Gasteiger partial charge in [-0.3, -0.25) is 4.79 Å². The van der Waals surface area contributed by atoms with E-state index in [1.165, 1.54) is 0 Å². The molecular weight excluding hydrogens is 237 g/mol. The molecule has 0 atom stereocenters. The Morgan fingerprint density at radius 2 is 2.06 bits per heavy atom. The highest BCUT2D eigenvalue weighted by atomic mass is 19.4. The molecule has 0 aromatic carbocycles. The van der Waals surface area contributed by atoms with Gasteiger partial charge in [-0.1, -0.05) is 19.1 Å². The maximum Gasteiger partial charge on any atom is 0.408 e. The minimum Gasteiger partial charge on any atom is -0.369 e. The summed E-state index contributed by atoms with van der Waals surface area (Å²) in [5.74, 6) is -0.868. The SMILES string of the molecule is CC(C)c1c(CC(N)=O)nnn1CC(F)(F)F. The van der Waals surface area contributed by atoms with E-state index in [1.807, 2.05) is 0 Å². The van der Waals surface area contributed by atoms with Gasteiger partial charge in [0.15, 0.2) is 0 Å². The van der Waals surface area contributed by atoms with Crippen LogP contribution in [0.2, 0.25) is 0 Å². The molecule has 0 aliphatic carbocycles. The van der Waals surface area contributed by atoms with E-state index in [-0.39, 0.29) is 18.0 Å². The van der Waals surface area contributed by atoms with Crippen molar-refractivity contribution in [2.45, 2.75) is 38.9 Å². The van der Waals surface area contributed by atoms with E-state index in [0.29, 0.717) is 5.69 Å². The van der Waals surface area contributed by atoms with Gasteiger partial charge in [0, 0.05) is 0 Å². The second kappa shape index (κ2) is 4.72. The van der Waals surface area contributed by atoms with Crippen LogP contribution in [0.25, 0.3) is 0 Å². The first kappa shape index (κ1) is 13.5. The van der Waals surface area contributed by atoms with Crippen molar-refractivity contribution in [1.29, 1.82) is 0 Å². The first-order valence-corrected chi connectivity index (χ1v) is 4.98. The van der Waals surface area contributed by atoms with Crippen LogP contribution in [0, 0.1) is 0 Å². The molecule has 17 heavy (non-hydrogen) atoms. The van der Waals surface area contributed by atoms with Gasteiger partial charge >= 0.3 is 6.18 Å². The number of nitrogens with two attached hydrogens (primary N) is 1. The Morgan fingerprint density at radius 1 is 1.47 bits per heavy atom. The van der Waals surface area contributed by atoms with Crippen LogP contribution in [0.15, 0.2) is 0 Å². The lowest BCUT2D eigenvalue weighted by atomic mass is 10.1. The number of halogens is 3. The molecule has 0 spiro atoms. The summed E-state index contributed by atoms with van der Waals surface area (Å²) < 4.78 is 37.6. The Kier molecular flexibility index (Phi) is 3.74. The third kappa shape index (κ3) is 3.72. The summed E-state index contributed by atoms with van der Waals surface area (Å²) in [7, 11) is 0. The summed E-state index contributed by atoms with van der Waals surface area (Å²) in [6.45, 7) is 2.19. The van der Waals surface area contributed by atoms with E-state index in [1.54, 1.807) is 13.8 Å². The molecular formula is C9H13F3N4O. The van der Waals surface area contributed by atoms with E-state index < -0.39 is 18.6 Å². The fourth-order valence-corrected chi connectivity index (χ4v) is 1.57. The summed E-state index contributed by atoms with van der Waals surface area (Å²) in [6.07, 6.45) is -4.58. The largest absolute Gasteiger partial charge is 0.408 e. The van der Waals surface area contributed by atoms with Gasteiger partial charge in [0.2, 0.25) is 5.91 Å². The van der Waals surface area contributed by atoms with E-state index in [2.05, 4.69) is 10.3 Å². The van der Waals surface area contributed by atoms with Gasteiger partial charge in [0.1, 0.15) is 6.54 Å². The molecule has 0 saturated carbocycles. The van der Waals surface area contributed by atoms with Crippen LogP contribution in [0.3, 0.4) is 0 Å². The van der Waals surface area contributed by atoms with E-state index >= 15 is 0 Å². The molecule has 0 aliphatic heterocycles. The quantitative estimate of drug-likeness (QED) is 0.866. The molecule has 0 aliphatic rings. The molecule has 0 fully saturated rings. The molecule has 1 amide bonds. The third-order valence-electron chi connectivity index (χ3n) is 2.06. The zero-order valence-corrected chi connectivity index (χ0v) is 9.45. The second-order valence-corrected chi connectivity index (χ2v) is 3.99. The fraction of sp³-hybridized carbons (Fsp3) is 0.667. The van der Waals surface area contributed by atoms with Gasteiger partial charge in [0.05, 0.1) is 17.8 Å². The molecule has 96 valence electrons. The summed E-state index contributed by atoms with van der Waals surface area (Å²) in [5, 5.41) is 6.99. The van der Waals surface area contributed by atoms with Crippen LogP contribution in [-0.2, 0) is 17.8 Å². The van der Waals surface area contributed by atoms with Crippen LogP contribution in [-0.4, -0.2) is 27.1 Å². The number of hydrogen-bond acceptors (Lipinski definition) is 3. The number of aromatic nitrogens is 3. The van der Waals surface area contributed by atoms with Gasteiger partial charge in [-0.05, 0) is 5.92 Å². The summed E-state index contributed by atoms with van der Waals surface area (Å²) in [5.41, 5.74) is 5.49. The molecule has 0 bridgehead atoms. The molecule has 1 aromatic heterocycles. The molecule has 0 unspecified atom stereocenters. The maximum atomic E-state index is 12.3. The zero-order chi connectivity index (χ0) is 13.2. The normalized spacial score (nSPS) is 12.1. The summed E-state index contributed by atoms with van der Waals surface area (Å²) in [4.78, 5) is 10.8. The number of alkyl halides is 3. The highest BCUT2D eigenvalue weighted by Crippen LogP contribution is 2.23. The van der Waals surface area contributed by atoms with Crippen molar-refractivity contribution in [2.24, 2.45) is 5.73 Å². The molecule has 5 nitrogen and oxygen atoms in total. The van der Waals surface area contributed by atoms with Crippen molar-refractivity contribution >= 4 is 5.91 Å². The van der Waals surface area contributed by atoms with Crippen LogP contribution in [0.1, 0.15) is 31.2 Å². The molecule has 1 aromatic rings. The first-order chi connectivity index (χ1) is 7.70. The lowest BCUT2D eigenvalue weighted by Crippen LogP contribution is -2.22. The van der Waals surface area contributed by atoms with Crippen LogP contribution in [0.5, 0.6) is 0 Å². The Hall–Kier alpha value is -1.60. The number of carbonyl (C=O) groups is 1. The van der Waals surface area contributed by atoms with Gasteiger partial charge in [-0.2, -0.15) is 13.2 Å². The highest BCUT2D eigenvalue weighted by Gasteiger charge is 2.31. The van der Waals surface area contributed by atoms with Crippen LogP contribution < -0.4 is 5.73 Å². The van der Waals surface area contributed by atoms with Crippen molar-refractivity contribution in [3.8, 4) is 0 Å². The van der Waals surface area contributed by atoms with Crippen molar-refractivity contribution in [3.05, 3.63) is 11.4 Å². The number of hydrogen-bond donors (Lipinski definition) is 1. The minimum absolute atomic E-state index is 0.203. The van der Waals surface area contributed by atoms with Crippen LogP contribution in [0.4, 0.5) is 13.2 Å². The highest BCUT2D eigenvalue weighted by molar-refractivity contribution is 5.76. The maximum absolute atomic E-state index is 12.3. The van der Waals surface area contributed by atoms with E-state index in [9.17, 15) is 18.0 Å². The third-order valence-corrected chi connectivity index (χ3v) is 2.06. The monoisotopic (exact) mass is 250 g/mol. The van der Waals surface area contributed by atoms with Gasteiger partial charge in [-0.15, -0.1) is 5.10 Å². The van der Waals surface area contributed by atoms with E-state index in [4.69, 9.17) is 5.73 Å². The Bertz CT molecular complexity index is 411. The standard InChI is InChI=1S/C9H13F3N4O/c1-5(2)8-6(3-7(13)17)14-15-16(8)4-9(10,11)12/h5H,3-4H2,1-2H3,(H2,13,17). The molecule has 0 radical (unpaired) electrons. The molecule has 0 saturated heterocycles. The van der Waals surface area contributed by atoms with Gasteiger partial charge in [0.25, 0.3) is 0 Å².